The second kappa shape index (κ2) is 12.3. The summed E-state index contributed by atoms with van der Waals surface area (Å²) < 4.78 is 0. The van der Waals surface area contributed by atoms with Crippen molar-refractivity contribution in [1.82, 2.24) is 0 Å². The van der Waals surface area contributed by atoms with Gasteiger partial charge in [-0.3, -0.25) is 0 Å². The molecule has 0 spiro atoms. The zero-order valence-electron chi connectivity index (χ0n) is 29.6. The summed E-state index contributed by atoms with van der Waals surface area (Å²) in [5, 5.41) is 15.2. The molecule has 0 aliphatic carbocycles. The summed E-state index contributed by atoms with van der Waals surface area (Å²) in [6.45, 7) is 0. The summed E-state index contributed by atoms with van der Waals surface area (Å²) in [5.41, 5.74) is 9.95. The highest BCUT2D eigenvalue weighted by atomic mass is 14.2. The van der Waals surface area contributed by atoms with E-state index >= 15 is 0 Å². The SMILES string of the molecule is c1cc(-c2ccc3ccccc3c2-c2ccc3c(ccc4ccccc43)c2)cc(-c2c3ccccc3c(-c3ccc4ccccc4c3)c3ccccc23)c1. The largest absolute Gasteiger partial charge is 0.0616 e. The summed E-state index contributed by atoms with van der Waals surface area (Å²) in [6, 6.07) is 76.2. The number of benzene rings is 11. The molecule has 0 aromatic heterocycles. The zero-order valence-corrected chi connectivity index (χ0v) is 29.6. The van der Waals surface area contributed by atoms with Crippen molar-refractivity contribution in [3.05, 3.63) is 206 Å². The minimum atomic E-state index is 1.21. The van der Waals surface area contributed by atoms with Crippen LogP contribution in [-0.4, -0.2) is 0 Å². The number of hydrogen-bond donors (Lipinski definition) is 0. The van der Waals surface area contributed by atoms with E-state index in [0.717, 1.165) is 0 Å². The summed E-state index contributed by atoms with van der Waals surface area (Å²) in [7, 11) is 0. The van der Waals surface area contributed by atoms with Crippen LogP contribution in [0.25, 0.3) is 109 Å². The predicted octanol–water partition coefficient (Wildman–Crippen LogP) is 15.3. The molecule has 0 fully saturated rings. The van der Waals surface area contributed by atoms with Crippen molar-refractivity contribution in [2.24, 2.45) is 0 Å². The fraction of sp³-hybridized carbons (Fsp3) is 0. The topological polar surface area (TPSA) is 0 Å². The van der Waals surface area contributed by atoms with Gasteiger partial charge in [-0.25, -0.2) is 0 Å². The Balaban J connectivity index is 1.14. The van der Waals surface area contributed by atoms with E-state index in [1.165, 1.54) is 109 Å². The fourth-order valence-electron chi connectivity index (χ4n) is 8.93. The summed E-state index contributed by atoms with van der Waals surface area (Å²) in [6.07, 6.45) is 0. The Morgan fingerprint density at radius 3 is 1.31 bits per heavy atom. The van der Waals surface area contributed by atoms with Crippen molar-refractivity contribution < 1.29 is 0 Å². The predicted molar refractivity (Wildman–Crippen MR) is 233 cm³/mol. The van der Waals surface area contributed by atoms with Crippen molar-refractivity contribution in [1.29, 1.82) is 0 Å². The molecule has 0 atom stereocenters. The first kappa shape index (κ1) is 30.6. The maximum atomic E-state index is 2.41. The van der Waals surface area contributed by atoms with Crippen LogP contribution in [0.3, 0.4) is 0 Å². The Morgan fingerprint density at radius 1 is 0.185 bits per heavy atom. The van der Waals surface area contributed by atoms with Gasteiger partial charge in [-0.15, -0.1) is 0 Å². The highest BCUT2D eigenvalue weighted by Crippen LogP contribution is 2.46. The standard InChI is InChI=1S/C54H34/c1-2-15-38-32-42(27-24-35(38)12-1)54-50-22-9-7-20-48(50)53(49-21-8-10-23-51(49)54)41-17-11-16-39(33-41)47-31-28-37-14-4-6-19-46(37)52(47)43-29-30-45-40(34-43)26-25-36-13-3-5-18-44(36)45/h1-34H. The molecular formula is C54H34. The van der Waals surface area contributed by atoms with Crippen LogP contribution >= 0.6 is 0 Å². The molecule has 0 amide bonds. The molecule has 0 bridgehead atoms. The Kier molecular flexibility index (Phi) is 6.97. The Hall–Kier alpha value is -7.02. The van der Waals surface area contributed by atoms with E-state index < -0.39 is 0 Å². The summed E-state index contributed by atoms with van der Waals surface area (Å²) >= 11 is 0. The average Bonchev–Trinajstić information content (AvgIpc) is 3.24. The van der Waals surface area contributed by atoms with Crippen LogP contribution in [0, 0.1) is 0 Å². The van der Waals surface area contributed by atoms with Crippen LogP contribution in [0.15, 0.2) is 206 Å². The first-order valence-electron chi connectivity index (χ1n) is 18.8. The fourth-order valence-corrected chi connectivity index (χ4v) is 8.93. The van der Waals surface area contributed by atoms with E-state index in [4.69, 9.17) is 0 Å². The molecular weight excluding hydrogens is 649 g/mol. The summed E-state index contributed by atoms with van der Waals surface area (Å²) in [4.78, 5) is 0. The molecule has 0 saturated heterocycles. The van der Waals surface area contributed by atoms with E-state index in [2.05, 4.69) is 206 Å². The lowest BCUT2D eigenvalue weighted by Crippen LogP contribution is -1.92. The van der Waals surface area contributed by atoms with Gasteiger partial charge in [-0.05, 0) is 127 Å². The normalized spacial score (nSPS) is 11.7. The van der Waals surface area contributed by atoms with Gasteiger partial charge in [0.1, 0.15) is 0 Å². The lowest BCUT2D eigenvalue weighted by atomic mass is 9.84. The maximum absolute atomic E-state index is 2.41. The highest BCUT2D eigenvalue weighted by Gasteiger charge is 2.19. The zero-order chi connectivity index (χ0) is 35.6. The Morgan fingerprint density at radius 2 is 0.611 bits per heavy atom. The van der Waals surface area contributed by atoms with Gasteiger partial charge in [0.2, 0.25) is 0 Å². The minimum absolute atomic E-state index is 1.21. The maximum Gasteiger partial charge on any atom is -0.00262 e. The quantitative estimate of drug-likeness (QED) is 0.128. The van der Waals surface area contributed by atoms with Gasteiger partial charge in [-0.2, -0.15) is 0 Å². The van der Waals surface area contributed by atoms with Crippen molar-refractivity contribution in [3.63, 3.8) is 0 Å². The van der Waals surface area contributed by atoms with Gasteiger partial charge in [0.15, 0.2) is 0 Å². The Labute approximate surface area is 314 Å². The molecule has 0 aliphatic rings. The smallest absolute Gasteiger partial charge is 0.00262 e. The minimum Gasteiger partial charge on any atom is -0.0616 e. The van der Waals surface area contributed by atoms with Gasteiger partial charge in [0.25, 0.3) is 0 Å². The molecule has 0 aliphatic heterocycles. The second-order valence-corrected chi connectivity index (χ2v) is 14.4. The molecule has 0 unspecified atom stereocenters. The highest BCUT2D eigenvalue weighted by molar-refractivity contribution is 6.22. The molecule has 0 heteroatoms. The van der Waals surface area contributed by atoms with Gasteiger partial charge < -0.3 is 0 Å². The second-order valence-electron chi connectivity index (χ2n) is 14.4. The molecule has 54 heavy (non-hydrogen) atoms. The van der Waals surface area contributed by atoms with Crippen LogP contribution < -0.4 is 0 Å². The molecule has 11 aromatic rings. The molecule has 11 rings (SSSR count). The van der Waals surface area contributed by atoms with E-state index in [1.54, 1.807) is 0 Å². The van der Waals surface area contributed by atoms with E-state index in [9.17, 15) is 0 Å². The van der Waals surface area contributed by atoms with Crippen LogP contribution in [0.4, 0.5) is 0 Å². The van der Waals surface area contributed by atoms with Crippen LogP contribution in [0.1, 0.15) is 0 Å². The molecule has 0 radical (unpaired) electrons. The van der Waals surface area contributed by atoms with Crippen molar-refractivity contribution in [3.8, 4) is 44.5 Å². The van der Waals surface area contributed by atoms with Crippen molar-refractivity contribution in [2.75, 3.05) is 0 Å². The van der Waals surface area contributed by atoms with Gasteiger partial charge in [-0.1, -0.05) is 188 Å². The van der Waals surface area contributed by atoms with Gasteiger partial charge in [0, 0.05) is 0 Å². The van der Waals surface area contributed by atoms with Crippen LogP contribution in [0.2, 0.25) is 0 Å². The molecule has 0 nitrogen and oxygen atoms in total. The van der Waals surface area contributed by atoms with Crippen molar-refractivity contribution in [2.45, 2.75) is 0 Å². The van der Waals surface area contributed by atoms with Gasteiger partial charge in [0.05, 0.1) is 0 Å². The first-order valence-corrected chi connectivity index (χ1v) is 18.8. The van der Waals surface area contributed by atoms with E-state index in [1.807, 2.05) is 0 Å². The third-order valence-corrected chi connectivity index (χ3v) is 11.4. The molecule has 0 N–H and O–H groups in total. The number of fused-ring (bicyclic) bond motifs is 7. The van der Waals surface area contributed by atoms with E-state index in [-0.39, 0.29) is 0 Å². The molecule has 0 heterocycles. The third kappa shape index (κ3) is 4.85. The number of rotatable bonds is 4. The molecule has 250 valence electrons. The van der Waals surface area contributed by atoms with E-state index in [0.29, 0.717) is 0 Å². The third-order valence-electron chi connectivity index (χ3n) is 11.4. The Bertz CT molecular complexity index is 3220. The lowest BCUT2D eigenvalue weighted by molar-refractivity contribution is 1.61. The van der Waals surface area contributed by atoms with Crippen LogP contribution in [-0.2, 0) is 0 Å². The summed E-state index contributed by atoms with van der Waals surface area (Å²) in [5.74, 6) is 0. The molecule has 0 saturated carbocycles. The van der Waals surface area contributed by atoms with Crippen LogP contribution in [0.5, 0.6) is 0 Å². The first-order chi connectivity index (χ1) is 26.8. The molecule has 11 aromatic carbocycles. The average molecular weight is 683 g/mol. The van der Waals surface area contributed by atoms with Gasteiger partial charge >= 0.3 is 0 Å². The lowest BCUT2D eigenvalue weighted by Gasteiger charge is -2.19. The van der Waals surface area contributed by atoms with Crippen molar-refractivity contribution >= 4 is 64.6 Å². The monoisotopic (exact) mass is 682 g/mol. The number of hydrogen-bond acceptors (Lipinski definition) is 0.